The summed E-state index contributed by atoms with van der Waals surface area (Å²) in [6, 6.07) is 6.03. The summed E-state index contributed by atoms with van der Waals surface area (Å²) in [5, 5.41) is 6.34. The van der Waals surface area contributed by atoms with E-state index < -0.39 is 11.7 Å². The SMILES string of the molecule is CNC(=O)c1ccn(COc2cccc(C(F)(F)F)c2)n1. The smallest absolute Gasteiger partial charge is 0.416 e. The van der Waals surface area contributed by atoms with E-state index in [1.54, 1.807) is 0 Å². The minimum absolute atomic E-state index is 0.0711. The van der Waals surface area contributed by atoms with Crippen LogP contribution >= 0.6 is 0 Å². The number of benzene rings is 1. The molecule has 0 aliphatic heterocycles. The number of aromatic nitrogens is 2. The minimum atomic E-state index is -4.42. The number of ether oxygens (including phenoxy) is 1. The van der Waals surface area contributed by atoms with Crippen LogP contribution in [0.15, 0.2) is 36.5 Å². The molecule has 2 aromatic rings. The molecule has 0 fully saturated rings. The molecule has 0 aliphatic rings. The summed E-state index contributed by atoms with van der Waals surface area (Å²) in [5.74, 6) is -0.283. The number of carbonyl (C=O) groups is 1. The van der Waals surface area contributed by atoms with Crippen molar-refractivity contribution in [3.63, 3.8) is 0 Å². The van der Waals surface area contributed by atoms with E-state index in [2.05, 4.69) is 10.4 Å². The second-order valence-corrected chi connectivity index (χ2v) is 4.12. The Labute approximate surface area is 118 Å². The van der Waals surface area contributed by atoms with Gasteiger partial charge in [-0.2, -0.15) is 18.3 Å². The standard InChI is InChI=1S/C13H12F3N3O2/c1-17-12(20)11-5-6-19(18-11)8-21-10-4-2-3-9(7-10)13(14,15)16/h2-7H,8H2,1H3,(H,17,20). The molecule has 112 valence electrons. The predicted octanol–water partition coefficient (Wildman–Crippen LogP) is 2.30. The molecule has 0 saturated heterocycles. The number of hydrogen-bond acceptors (Lipinski definition) is 3. The number of halogens is 3. The highest BCUT2D eigenvalue weighted by Gasteiger charge is 2.30. The first-order chi connectivity index (χ1) is 9.90. The number of nitrogens with zero attached hydrogens (tertiary/aromatic N) is 2. The summed E-state index contributed by atoms with van der Waals surface area (Å²) >= 11 is 0. The normalized spacial score (nSPS) is 11.2. The van der Waals surface area contributed by atoms with Gasteiger partial charge in [0, 0.05) is 13.2 Å². The van der Waals surface area contributed by atoms with Crippen LogP contribution in [-0.4, -0.2) is 22.7 Å². The first kappa shape index (κ1) is 14.9. The average Bonchev–Trinajstić information content (AvgIpc) is 2.92. The molecule has 1 amide bonds. The van der Waals surface area contributed by atoms with Crippen molar-refractivity contribution in [2.24, 2.45) is 0 Å². The Balaban J connectivity index is 2.03. The van der Waals surface area contributed by atoms with Gasteiger partial charge < -0.3 is 10.1 Å². The Morgan fingerprint density at radius 1 is 1.38 bits per heavy atom. The first-order valence-electron chi connectivity index (χ1n) is 5.96. The molecule has 0 saturated carbocycles. The van der Waals surface area contributed by atoms with Crippen molar-refractivity contribution in [1.82, 2.24) is 15.1 Å². The van der Waals surface area contributed by atoms with Gasteiger partial charge in [0.05, 0.1) is 5.56 Å². The Morgan fingerprint density at radius 3 is 2.81 bits per heavy atom. The van der Waals surface area contributed by atoms with Crippen LogP contribution in [0.3, 0.4) is 0 Å². The Kier molecular flexibility index (Phi) is 4.15. The highest BCUT2D eigenvalue weighted by Crippen LogP contribution is 2.31. The van der Waals surface area contributed by atoms with Gasteiger partial charge in [-0.25, -0.2) is 4.68 Å². The van der Waals surface area contributed by atoms with Crippen molar-refractivity contribution < 1.29 is 22.7 Å². The van der Waals surface area contributed by atoms with E-state index in [0.29, 0.717) is 0 Å². The summed E-state index contributed by atoms with van der Waals surface area (Å²) in [4.78, 5) is 11.3. The van der Waals surface area contributed by atoms with Gasteiger partial charge in [0.1, 0.15) is 11.4 Å². The maximum Gasteiger partial charge on any atom is 0.416 e. The molecule has 0 radical (unpaired) electrons. The predicted molar refractivity (Wildman–Crippen MR) is 67.7 cm³/mol. The highest BCUT2D eigenvalue weighted by atomic mass is 19.4. The van der Waals surface area contributed by atoms with E-state index in [1.807, 2.05) is 0 Å². The van der Waals surface area contributed by atoms with Gasteiger partial charge in [-0.1, -0.05) is 6.07 Å². The number of nitrogens with one attached hydrogen (secondary N) is 1. The largest absolute Gasteiger partial charge is 0.471 e. The fourth-order valence-electron chi connectivity index (χ4n) is 1.59. The Hall–Kier alpha value is -2.51. The molecule has 0 bridgehead atoms. The van der Waals surface area contributed by atoms with Gasteiger partial charge in [0.15, 0.2) is 6.73 Å². The molecule has 1 aromatic heterocycles. The van der Waals surface area contributed by atoms with Crippen LogP contribution in [0.4, 0.5) is 13.2 Å². The fraction of sp³-hybridized carbons (Fsp3) is 0.231. The monoisotopic (exact) mass is 299 g/mol. The van der Waals surface area contributed by atoms with Crippen LogP contribution < -0.4 is 10.1 Å². The topological polar surface area (TPSA) is 56.2 Å². The minimum Gasteiger partial charge on any atom is -0.471 e. The molecule has 5 nitrogen and oxygen atoms in total. The van der Waals surface area contributed by atoms with E-state index in [0.717, 1.165) is 12.1 Å². The van der Waals surface area contributed by atoms with E-state index in [4.69, 9.17) is 4.74 Å². The molecule has 0 aliphatic carbocycles. The Bertz CT molecular complexity index is 638. The van der Waals surface area contributed by atoms with E-state index in [9.17, 15) is 18.0 Å². The van der Waals surface area contributed by atoms with E-state index >= 15 is 0 Å². The lowest BCUT2D eigenvalue weighted by atomic mass is 10.2. The van der Waals surface area contributed by atoms with Crippen molar-refractivity contribution in [3.8, 4) is 5.75 Å². The molecule has 1 heterocycles. The quantitative estimate of drug-likeness (QED) is 0.942. The van der Waals surface area contributed by atoms with Gasteiger partial charge in [-0.15, -0.1) is 0 Å². The number of carbonyl (C=O) groups excluding carboxylic acids is 1. The zero-order valence-electron chi connectivity index (χ0n) is 11.0. The first-order valence-corrected chi connectivity index (χ1v) is 5.96. The molecule has 1 N–H and O–H groups in total. The summed E-state index contributed by atoms with van der Waals surface area (Å²) in [6.07, 6.45) is -2.92. The van der Waals surface area contributed by atoms with Gasteiger partial charge in [0.25, 0.3) is 5.91 Å². The number of hydrogen-bond donors (Lipinski definition) is 1. The van der Waals surface area contributed by atoms with Crippen molar-refractivity contribution in [1.29, 1.82) is 0 Å². The van der Waals surface area contributed by atoms with Crippen LogP contribution in [0.1, 0.15) is 16.1 Å². The lowest BCUT2D eigenvalue weighted by Crippen LogP contribution is -2.19. The molecule has 0 atom stereocenters. The van der Waals surface area contributed by atoms with Crippen molar-refractivity contribution in [2.45, 2.75) is 12.9 Å². The van der Waals surface area contributed by atoms with Crippen molar-refractivity contribution >= 4 is 5.91 Å². The van der Waals surface area contributed by atoms with Crippen LogP contribution in [0.2, 0.25) is 0 Å². The number of amides is 1. The summed E-state index contributed by atoms with van der Waals surface area (Å²) in [5.41, 5.74) is -0.586. The van der Waals surface area contributed by atoms with Crippen molar-refractivity contribution in [3.05, 3.63) is 47.8 Å². The van der Waals surface area contributed by atoms with Crippen LogP contribution in [0.5, 0.6) is 5.75 Å². The van der Waals surface area contributed by atoms with Crippen molar-refractivity contribution in [2.75, 3.05) is 7.05 Å². The van der Waals surface area contributed by atoms with Gasteiger partial charge in [-0.3, -0.25) is 4.79 Å². The molecule has 2 rings (SSSR count). The number of alkyl halides is 3. The van der Waals surface area contributed by atoms with E-state index in [1.165, 1.54) is 36.1 Å². The second kappa shape index (κ2) is 5.86. The maximum atomic E-state index is 12.5. The van der Waals surface area contributed by atoms with E-state index in [-0.39, 0.29) is 24.1 Å². The molecule has 0 spiro atoms. The maximum absolute atomic E-state index is 12.5. The van der Waals surface area contributed by atoms with Gasteiger partial charge in [0.2, 0.25) is 0 Å². The fourth-order valence-corrected chi connectivity index (χ4v) is 1.59. The molecular weight excluding hydrogens is 287 g/mol. The summed E-state index contributed by atoms with van der Waals surface area (Å²) in [6.45, 7) is -0.0989. The second-order valence-electron chi connectivity index (χ2n) is 4.12. The lowest BCUT2D eigenvalue weighted by Gasteiger charge is -2.10. The lowest BCUT2D eigenvalue weighted by molar-refractivity contribution is -0.137. The average molecular weight is 299 g/mol. The molecule has 1 aromatic carbocycles. The third kappa shape index (κ3) is 3.74. The van der Waals surface area contributed by atoms with Crippen LogP contribution in [-0.2, 0) is 12.9 Å². The summed E-state index contributed by atoms with van der Waals surface area (Å²) < 4.78 is 44.2. The van der Waals surface area contributed by atoms with Crippen LogP contribution in [0.25, 0.3) is 0 Å². The molecule has 8 heteroatoms. The summed E-state index contributed by atoms with van der Waals surface area (Å²) in [7, 11) is 1.47. The zero-order valence-corrected chi connectivity index (χ0v) is 11.0. The highest BCUT2D eigenvalue weighted by molar-refractivity contribution is 5.91. The molecule has 21 heavy (non-hydrogen) atoms. The third-order valence-electron chi connectivity index (χ3n) is 2.63. The number of rotatable bonds is 4. The molecular formula is C13H12F3N3O2. The Morgan fingerprint density at radius 2 is 2.14 bits per heavy atom. The zero-order chi connectivity index (χ0) is 15.5. The van der Waals surface area contributed by atoms with Gasteiger partial charge >= 0.3 is 6.18 Å². The van der Waals surface area contributed by atoms with Gasteiger partial charge in [-0.05, 0) is 24.3 Å². The molecule has 0 unspecified atom stereocenters. The third-order valence-corrected chi connectivity index (χ3v) is 2.63. The van der Waals surface area contributed by atoms with Crippen LogP contribution in [0, 0.1) is 0 Å².